The summed E-state index contributed by atoms with van der Waals surface area (Å²) in [6.45, 7) is 10.7. The number of H-pyrrole nitrogens is 1. The maximum Gasteiger partial charge on any atom is 0.153 e. The van der Waals surface area contributed by atoms with E-state index in [1.807, 2.05) is 42.6 Å². The standard InChI is InChI=1S/C42H46ClN5O2/c1-29(2)36-8-4-5-9-37(36)39-27-46(26-31-7-3-6-10-38(31)43)19-20-48(39)34-23-42(24-34)14-17-47(18-15-42)33-12-11-32(28-49)40(22-33)50-35-21-30-13-16-44-41(30)45-25-35/h3-13,16,21-22,25,28-29,34,39H,14-15,17-20,23-24,26-27H2,1-2H3,(H,44,45). The molecule has 1 atom stereocenters. The van der Waals surface area contributed by atoms with Crippen LogP contribution in [0.15, 0.2) is 91.3 Å². The van der Waals surface area contributed by atoms with E-state index >= 15 is 0 Å². The van der Waals surface area contributed by atoms with Gasteiger partial charge >= 0.3 is 0 Å². The molecule has 2 aromatic heterocycles. The summed E-state index contributed by atoms with van der Waals surface area (Å²) >= 11 is 6.61. The second kappa shape index (κ2) is 13.9. The molecule has 7 nitrogen and oxygen atoms in total. The average molecular weight is 688 g/mol. The number of benzene rings is 3. The first-order valence-corrected chi connectivity index (χ1v) is 18.5. The summed E-state index contributed by atoms with van der Waals surface area (Å²) in [6, 6.07) is 28.3. The molecule has 1 spiro atoms. The molecule has 1 N–H and O–H groups in total. The lowest BCUT2D eigenvalue weighted by Gasteiger charge is -2.58. The second-order valence-electron chi connectivity index (χ2n) is 14.9. The zero-order chi connectivity index (χ0) is 34.2. The smallest absolute Gasteiger partial charge is 0.153 e. The Bertz CT molecular complexity index is 1970. The normalized spacial score (nSPS) is 20.0. The van der Waals surface area contributed by atoms with E-state index in [4.69, 9.17) is 16.3 Å². The summed E-state index contributed by atoms with van der Waals surface area (Å²) in [5.41, 5.74) is 7.03. The minimum absolute atomic E-state index is 0.371. The van der Waals surface area contributed by atoms with Crippen molar-refractivity contribution >= 4 is 34.6 Å². The van der Waals surface area contributed by atoms with Crippen molar-refractivity contribution in [2.75, 3.05) is 37.6 Å². The van der Waals surface area contributed by atoms with Gasteiger partial charge in [0.1, 0.15) is 17.1 Å². The third kappa shape index (κ3) is 6.55. The number of hydrogen-bond donors (Lipinski definition) is 1. The molecule has 1 unspecified atom stereocenters. The number of piperazine rings is 1. The second-order valence-corrected chi connectivity index (χ2v) is 15.3. The number of fused-ring (bicyclic) bond motifs is 1. The number of carbonyl (C=O) groups excluding carboxylic acids is 1. The molecule has 2 saturated heterocycles. The van der Waals surface area contributed by atoms with Crippen molar-refractivity contribution < 1.29 is 9.53 Å². The minimum atomic E-state index is 0.371. The van der Waals surface area contributed by atoms with Crippen LogP contribution in [-0.4, -0.2) is 64.8 Å². The number of piperidine rings is 1. The summed E-state index contributed by atoms with van der Waals surface area (Å²) in [4.78, 5) is 27.4. The Balaban J connectivity index is 0.945. The summed E-state index contributed by atoms with van der Waals surface area (Å²) in [5.74, 6) is 1.67. The number of hydrogen-bond acceptors (Lipinski definition) is 6. The summed E-state index contributed by atoms with van der Waals surface area (Å²) < 4.78 is 6.23. The van der Waals surface area contributed by atoms with E-state index in [1.54, 1.807) is 6.20 Å². The molecule has 8 heteroatoms. The molecule has 4 heterocycles. The molecule has 0 amide bonds. The molecule has 0 radical (unpaired) electrons. The van der Waals surface area contributed by atoms with Crippen LogP contribution in [0.3, 0.4) is 0 Å². The molecular formula is C42H46ClN5O2. The number of pyridine rings is 1. The number of rotatable bonds is 9. The van der Waals surface area contributed by atoms with Crippen molar-refractivity contribution in [2.45, 2.75) is 64.1 Å². The van der Waals surface area contributed by atoms with Gasteiger partial charge in [-0.1, -0.05) is 67.9 Å². The van der Waals surface area contributed by atoms with Gasteiger partial charge in [-0.05, 0) is 84.0 Å². The van der Waals surface area contributed by atoms with Gasteiger partial charge in [-0.2, -0.15) is 0 Å². The average Bonchev–Trinajstić information content (AvgIpc) is 3.60. The number of nitrogens with zero attached hydrogens (tertiary/aromatic N) is 4. The number of anilines is 1. The van der Waals surface area contributed by atoms with Crippen LogP contribution in [0.1, 0.15) is 78.5 Å². The molecule has 2 aliphatic heterocycles. The predicted octanol–water partition coefficient (Wildman–Crippen LogP) is 9.25. The van der Waals surface area contributed by atoms with Gasteiger partial charge in [-0.15, -0.1) is 0 Å². The highest BCUT2D eigenvalue weighted by Crippen LogP contribution is 2.53. The summed E-state index contributed by atoms with van der Waals surface area (Å²) in [7, 11) is 0. The summed E-state index contributed by atoms with van der Waals surface area (Å²) in [6.07, 6.45) is 9.32. The number of aromatic amines is 1. The van der Waals surface area contributed by atoms with Gasteiger partial charge in [0.05, 0.1) is 11.8 Å². The molecule has 1 saturated carbocycles. The van der Waals surface area contributed by atoms with Crippen LogP contribution in [0.4, 0.5) is 5.69 Å². The monoisotopic (exact) mass is 687 g/mol. The van der Waals surface area contributed by atoms with Crippen LogP contribution in [0, 0.1) is 5.41 Å². The molecule has 1 aliphatic carbocycles. The van der Waals surface area contributed by atoms with E-state index in [0.717, 1.165) is 67.3 Å². The number of nitrogens with one attached hydrogen (secondary N) is 1. The van der Waals surface area contributed by atoms with Crippen LogP contribution in [-0.2, 0) is 6.54 Å². The Hall–Kier alpha value is -4.17. The third-order valence-corrected chi connectivity index (χ3v) is 11.9. The fraction of sp³-hybridized carbons (Fsp3) is 0.381. The fourth-order valence-corrected chi connectivity index (χ4v) is 8.94. The molecular weight excluding hydrogens is 642 g/mol. The van der Waals surface area contributed by atoms with Gasteiger partial charge in [0.15, 0.2) is 6.29 Å². The Morgan fingerprint density at radius 1 is 0.980 bits per heavy atom. The maximum absolute atomic E-state index is 11.9. The van der Waals surface area contributed by atoms with Gasteiger partial charge < -0.3 is 14.6 Å². The number of aldehydes is 1. The predicted molar refractivity (Wildman–Crippen MR) is 202 cm³/mol. The third-order valence-electron chi connectivity index (χ3n) is 11.6. The van der Waals surface area contributed by atoms with Crippen molar-refractivity contribution in [3.8, 4) is 11.5 Å². The van der Waals surface area contributed by atoms with Crippen LogP contribution in [0.5, 0.6) is 11.5 Å². The molecule has 5 aromatic rings. The highest BCUT2D eigenvalue weighted by atomic mass is 35.5. The Morgan fingerprint density at radius 3 is 2.58 bits per heavy atom. The van der Waals surface area contributed by atoms with E-state index < -0.39 is 0 Å². The lowest BCUT2D eigenvalue weighted by Crippen LogP contribution is -2.60. The molecule has 0 bridgehead atoms. The van der Waals surface area contributed by atoms with E-state index in [-0.39, 0.29) is 0 Å². The minimum Gasteiger partial charge on any atom is -0.455 e. The van der Waals surface area contributed by atoms with Crippen LogP contribution < -0.4 is 9.64 Å². The SMILES string of the molecule is CC(C)c1ccccc1C1CN(Cc2ccccc2Cl)CCN1C1CC2(CCN(c3ccc(C=O)c(Oc4cnc5[nH]ccc5c4)c3)CC2)C1. The largest absolute Gasteiger partial charge is 0.455 e. The first-order chi connectivity index (χ1) is 24.4. The van der Waals surface area contributed by atoms with E-state index in [0.29, 0.717) is 40.5 Å². The van der Waals surface area contributed by atoms with E-state index in [9.17, 15) is 4.79 Å². The maximum atomic E-state index is 11.9. The highest BCUT2D eigenvalue weighted by Gasteiger charge is 2.50. The highest BCUT2D eigenvalue weighted by molar-refractivity contribution is 6.31. The topological polar surface area (TPSA) is 64.7 Å². The Morgan fingerprint density at radius 2 is 1.78 bits per heavy atom. The molecule has 3 aromatic carbocycles. The number of halogens is 1. The number of ether oxygens (including phenoxy) is 1. The van der Waals surface area contributed by atoms with Crippen LogP contribution in [0.2, 0.25) is 5.02 Å². The molecule has 3 fully saturated rings. The van der Waals surface area contributed by atoms with E-state index in [1.165, 1.54) is 42.4 Å². The van der Waals surface area contributed by atoms with Crippen molar-refractivity contribution in [1.29, 1.82) is 0 Å². The van der Waals surface area contributed by atoms with Gasteiger partial charge in [-0.25, -0.2) is 4.98 Å². The van der Waals surface area contributed by atoms with E-state index in [2.05, 4.69) is 81.0 Å². The lowest BCUT2D eigenvalue weighted by molar-refractivity contribution is -0.0628. The molecule has 50 heavy (non-hydrogen) atoms. The van der Waals surface area contributed by atoms with Gasteiger partial charge in [0.2, 0.25) is 0 Å². The van der Waals surface area contributed by atoms with Crippen molar-refractivity contribution in [1.82, 2.24) is 19.8 Å². The summed E-state index contributed by atoms with van der Waals surface area (Å²) in [5, 5.41) is 1.83. The van der Waals surface area contributed by atoms with Crippen LogP contribution >= 0.6 is 11.6 Å². The van der Waals surface area contributed by atoms with Gasteiger partial charge in [-0.3, -0.25) is 14.6 Å². The first-order valence-electron chi connectivity index (χ1n) is 18.1. The Kier molecular flexibility index (Phi) is 9.15. The van der Waals surface area contributed by atoms with Crippen molar-refractivity contribution in [3.05, 3.63) is 119 Å². The first kappa shape index (κ1) is 33.0. The zero-order valence-electron chi connectivity index (χ0n) is 29.0. The van der Waals surface area contributed by atoms with Crippen molar-refractivity contribution in [3.63, 3.8) is 0 Å². The lowest BCUT2D eigenvalue weighted by atomic mass is 9.59. The molecule has 3 aliphatic rings. The number of carbonyl (C=O) groups is 1. The molecule has 8 rings (SSSR count). The van der Waals surface area contributed by atoms with Gasteiger partial charge in [0, 0.05) is 79.7 Å². The molecule has 258 valence electrons. The number of aromatic nitrogens is 2. The van der Waals surface area contributed by atoms with Crippen molar-refractivity contribution in [2.24, 2.45) is 5.41 Å². The quantitative estimate of drug-likeness (QED) is 0.156. The zero-order valence-corrected chi connectivity index (χ0v) is 29.8. The Labute approximate surface area is 300 Å². The van der Waals surface area contributed by atoms with Crippen LogP contribution in [0.25, 0.3) is 11.0 Å². The van der Waals surface area contributed by atoms with Gasteiger partial charge in [0.25, 0.3) is 0 Å². The fourth-order valence-electron chi connectivity index (χ4n) is 8.75.